The maximum atomic E-state index is 12.2. The Morgan fingerprint density at radius 2 is 2.35 bits per heavy atom. The lowest BCUT2D eigenvalue weighted by Crippen LogP contribution is -2.49. The van der Waals surface area contributed by atoms with Crippen molar-refractivity contribution in [3.8, 4) is 0 Å². The van der Waals surface area contributed by atoms with Crippen LogP contribution in [0.3, 0.4) is 0 Å². The van der Waals surface area contributed by atoms with Gasteiger partial charge in [-0.25, -0.2) is 4.98 Å². The molecule has 0 aromatic carbocycles. The quantitative estimate of drug-likeness (QED) is 0.798. The maximum Gasteiger partial charge on any atom is 0.313 e. The molecule has 0 saturated carbocycles. The molecular weight excluding hydrogens is 351 g/mol. The minimum atomic E-state index is -1.15. The number of carboxylic acids is 1. The van der Waals surface area contributed by atoms with Crippen molar-refractivity contribution >= 4 is 39.4 Å². The Balaban J connectivity index is 2.19. The van der Waals surface area contributed by atoms with E-state index in [0.717, 1.165) is 0 Å². The zero-order valence-electron chi connectivity index (χ0n) is 10.5. The maximum absolute atomic E-state index is 12.2. The standard InChI is InChI=1S/C12H12BrClN2O4/c1-12(11(18)19)5-20-4-8(12)16-10(17)7-2-6(13)3-15-9(7)14/h2-3,8H,4-5H2,1H3,(H,16,17)(H,18,19). The zero-order valence-corrected chi connectivity index (χ0v) is 12.9. The van der Waals surface area contributed by atoms with Crippen molar-refractivity contribution in [2.75, 3.05) is 13.2 Å². The molecule has 1 aliphatic rings. The van der Waals surface area contributed by atoms with Crippen LogP contribution in [0.1, 0.15) is 17.3 Å². The number of aromatic nitrogens is 1. The second-order valence-corrected chi connectivity index (χ2v) is 6.03. The average Bonchev–Trinajstić information content (AvgIpc) is 2.75. The third-order valence-electron chi connectivity index (χ3n) is 3.30. The van der Waals surface area contributed by atoms with Gasteiger partial charge in [0.2, 0.25) is 0 Å². The lowest BCUT2D eigenvalue weighted by Gasteiger charge is -2.25. The van der Waals surface area contributed by atoms with Crippen LogP contribution in [0, 0.1) is 5.41 Å². The van der Waals surface area contributed by atoms with Crippen LogP contribution in [-0.2, 0) is 9.53 Å². The Morgan fingerprint density at radius 3 is 3.00 bits per heavy atom. The van der Waals surface area contributed by atoms with Crippen molar-refractivity contribution < 1.29 is 19.4 Å². The van der Waals surface area contributed by atoms with Gasteiger partial charge in [0.15, 0.2) is 0 Å². The van der Waals surface area contributed by atoms with Crippen LogP contribution in [0.15, 0.2) is 16.7 Å². The van der Waals surface area contributed by atoms with Gasteiger partial charge < -0.3 is 15.2 Å². The molecule has 1 aromatic heterocycles. The van der Waals surface area contributed by atoms with E-state index in [4.69, 9.17) is 16.3 Å². The van der Waals surface area contributed by atoms with E-state index in [1.807, 2.05) is 0 Å². The topological polar surface area (TPSA) is 88.5 Å². The minimum absolute atomic E-state index is 0.0533. The molecule has 8 heteroatoms. The second kappa shape index (κ2) is 5.67. The molecule has 2 atom stereocenters. The molecule has 0 spiro atoms. The molecule has 108 valence electrons. The predicted molar refractivity (Wildman–Crippen MR) is 74.8 cm³/mol. The number of hydrogen-bond donors (Lipinski definition) is 2. The molecule has 2 unspecified atom stereocenters. The van der Waals surface area contributed by atoms with Gasteiger partial charge in [0, 0.05) is 10.7 Å². The molecule has 1 aromatic rings. The van der Waals surface area contributed by atoms with Crippen molar-refractivity contribution in [2.45, 2.75) is 13.0 Å². The second-order valence-electron chi connectivity index (χ2n) is 4.76. The Labute approximate surface area is 128 Å². The fourth-order valence-electron chi connectivity index (χ4n) is 1.90. The smallest absolute Gasteiger partial charge is 0.313 e. The number of amides is 1. The van der Waals surface area contributed by atoms with Crippen molar-refractivity contribution in [1.82, 2.24) is 10.3 Å². The summed E-state index contributed by atoms with van der Waals surface area (Å²) >= 11 is 9.07. The van der Waals surface area contributed by atoms with E-state index in [0.29, 0.717) is 4.47 Å². The van der Waals surface area contributed by atoms with E-state index in [1.54, 1.807) is 0 Å². The first-order chi connectivity index (χ1) is 9.34. The number of rotatable bonds is 3. The highest BCUT2D eigenvalue weighted by Crippen LogP contribution is 2.29. The summed E-state index contributed by atoms with van der Waals surface area (Å²) in [5, 5.41) is 12.0. The van der Waals surface area contributed by atoms with Gasteiger partial charge in [-0.2, -0.15) is 0 Å². The lowest BCUT2D eigenvalue weighted by atomic mass is 9.85. The fraction of sp³-hybridized carbons (Fsp3) is 0.417. The number of halogens is 2. The van der Waals surface area contributed by atoms with Crippen molar-refractivity contribution in [3.05, 3.63) is 27.5 Å². The molecule has 2 heterocycles. The van der Waals surface area contributed by atoms with Gasteiger partial charge >= 0.3 is 5.97 Å². The summed E-state index contributed by atoms with van der Waals surface area (Å²) in [6.07, 6.45) is 1.47. The zero-order chi connectivity index (χ0) is 14.9. The highest BCUT2D eigenvalue weighted by Gasteiger charge is 2.47. The Kier molecular flexibility index (Phi) is 4.31. The molecule has 6 nitrogen and oxygen atoms in total. The van der Waals surface area contributed by atoms with Crippen molar-refractivity contribution in [3.63, 3.8) is 0 Å². The molecule has 2 N–H and O–H groups in total. The van der Waals surface area contributed by atoms with Gasteiger partial charge in [-0.3, -0.25) is 9.59 Å². The number of carbonyl (C=O) groups is 2. The molecular formula is C12H12BrClN2O4. The SMILES string of the molecule is CC1(C(=O)O)COCC1NC(=O)c1cc(Br)cnc1Cl. The summed E-state index contributed by atoms with van der Waals surface area (Å²) in [7, 11) is 0. The molecule has 0 bridgehead atoms. The van der Waals surface area contributed by atoms with Crippen molar-refractivity contribution in [1.29, 1.82) is 0 Å². The first-order valence-corrected chi connectivity index (χ1v) is 6.95. The van der Waals surface area contributed by atoms with Gasteiger partial charge in [0.05, 0.1) is 24.8 Å². The molecule has 1 aliphatic heterocycles. The normalized spacial score (nSPS) is 25.4. The number of aliphatic carboxylic acids is 1. The Hall–Kier alpha value is -1.18. The number of hydrogen-bond acceptors (Lipinski definition) is 4. The summed E-state index contributed by atoms with van der Waals surface area (Å²) in [6.45, 7) is 1.74. The molecule has 0 aliphatic carbocycles. The van der Waals surface area contributed by atoms with Gasteiger partial charge in [-0.1, -0.05) is 11.6 Å². The third kappa shape index (κ3) is 2.79. The highest BCUT2D eigenvalue weighted by molar-refractivity contribution is 9.10. The van der Waals surface area contributed by atoms with E-state index < -0.39 is 23.3 Å². The largest absolute Gasteiger partial charge is 0.481 e. The number of pyridine rings is 1. The number of nitrogens with zero attached hydrogens (tertiary/aromatic N) is 1. The van der Waals surface area contributed by atoms with Crippen LogP contribution in [0.25, 0.3) is 0 Å². The average molecular weight is 364 g/mol. The number of carbonyl (C=O) groups excluding carboxylic acids is 1. The van der Waals surface area contributed by atoms with Crippen LogP contribution in [0.5, 0.6) is 0 Å². The van der Waals surface area contributed by atoms with E-state index >= 15 is 0 Å². The fourth-order valence-corrected chi connectivity index (χ4v) is 2.42. The third-order valence-corrected chi connectivity index (χ3v) is 4.03. The van der Waals surface area contributed by atoms with Crippen LogP contribution in [-0.4, -0.2) is 41.2 Å². The molecule has 1 amide bonds. The Morgan fingerprint density at radius 1 is 1.65 bits per heavy atom. The highest BCUT2D eigenvalue weighted by atomic mass is 79.9. The first-order valence-electron chi connectivity index (χ1n) is 5.77. The molecule has 1 saturated heterocycles. The number of ether oxygens (including phenoxy) is 1. The van der Waals surface area contributed by atoms with Crippen molar-refractivity contribution in [2.24, 2.45) is 5.41 Å². The number of carboxylic acid groups (broad SMARTS) is 1. The predicted octanol–water partition coefficient (Wildman–Crippen LogP) is 1.72. The van der Waals surface area contributed by atoms with Crippen LogP contribution < -0.4 is 5.32 Å². The molecule has 2 rings (SSSR count). The van der Waals surface area contributed by atoms with Gasteiger partial charge in [0.1, 0.15) is 10.6 Å². The molecule has 1 fully saturated rings. The van der Waals surface area contributed by atoms with Crippen LogP contribution in [0.2, 0.25) is 5.15 Å². The van der Waals surface area contributed by atoms with E-state index in [2.05, 4.69) is 26.2 Å². The monoisotopic (exact) mass is 362 g/mol. The van der Waals surface area contributed by atoms with Gasteiger partial charge in [-0.05, 0) is 28.9 Å². The van der Waals surface area contributed by atoms with E-state index in [-0.39, 0.29) is 23.9 Å². The summed E-state index contributed by atoms with van der Waals surface area (Å²) in [5.74, 6) is -1.49. The van der Waals surface area contributed by atoms with Gasteiger partial charge in [0.25, 0.3) is 5.91 Å². The minimum Gasteiger partial charge on any atom is -0.481 e. The van der Waals surface area contributed by atoms with E-state index in [9.17, 15) is 14.7 Å². The van der Waals surface area contributed by atoms with Crippen LogP contribution in [0.4, 0.5) is 0 Å². The summed E-state index contributed by atoms with van der Waals surface area (Å²) in [4.78, 5) is 27.3. The summed E-state index contributed by atoms with van der Waals surface area (Å²) < 4.78 is 5.78. The number of nitrogens with one attached hydrogen (secondary N) is 1. The molecule has 20 heavy (non-hydrogen) atoms. The Bertz CT molecular complexity index is 568. The van der Waals surface area contributed by atoms with E-state index in [1.165, 1.54) is 19.2 Å². The van der Waals surface area contributed by atoms with Crippen LogP contribution >= 0.6 is 27.5 Å². The lowest BCUT2D eigenvalue weighted by molar-refractivity contribution is -0.148. The molecule has 0 radical (unpaired) electrons. The van der Waals surface area contributed by atoms with Gasteiger partial charge in [-0.15, -0.1) is 0 Å². The summed E-state index contributed by atoms with van der Waals surface area (Å²) in [6, 6.07) is 0.904. The summed E-state index contributed by atoms with van der Waals surface area (Å²) in [5.41, 5.74) is -0.970. The first kappa shape index (κ1) is 15.2.